The molecular formula is C26H34N2O2S. The number of rotatable bonds is 7. The zero-order chi connectivity index (χ0) is 23.2. The maximum atomic E-state index is 12.1. The van der Waals surface area contributed by atoms with Gasteiger partial charge in [-0.2, -0.15) is 17.0 Å². The Kier molecular flexibility index (Phi) is 8.20. The average molecular weight is 439 g/mol. The van der Waals surface area contributed by atoms with Crippen LogP contribution >= 0.6 is 11.8 Å². The summed E-state index contributed by atoms with van der Waals surface area (Å²) >= 11 is 1.62. The van der Waals surface area contributed by atoms with Gasteiger partial charge in [-0.25, -0.2) is 0 Å². The van der Waals surface area contributed by atoms with E-state index in [0.29, 0.717) is 22.8 Å². The van der Waals surface area contributed by atoms with E-state index >= 15 is 0 Å². The van der Waals surface area contributed by atoms with E-state index in [2.05, 4.69) is 65.1 Å². The van der Waals surface area contributed by atoms with Gasteiger partial charge in [-0.05, 0) is 70.4 Å². The third-order valence-corrected chi connectivity index (χ3v) is 6.11. The quantitative estimate of drug-likeness (QED) is 0.508. The number of phenolic OH excluding ortho intramolecular Hbond substituents is 1. The summed E-state index contributed by atoms with van der Waals surface area (Å²) in [5, 5.41) is 22.5. The molecule has 0 radical (unpaired) electrons. The van der Waals surface area contributed by atoms with Crippen molar-refractivity contribution in [3.8, 4) is 11.8 Å². The summed E-state index contributed by atoms with van der Waals surface area (Å²) in [4.78, 5) is 12.1. The predicted octanol–water partition coefficient (Wildman–Crippen LogP) is 6.16. The summed E-state index contributed by atoms with van der Waals surface area (Å²) in [7, 11) is 0. The van der Waals surface area contributed by atoms with E-state index in [-0.39, 0.29) is 16.7 Å². The van der Waals surface area contributed by atoms with Gasteiger partial charge in [-0.3, -0.25) is 4.79 Å². The topological polar surface area (TPSA) is 73.1 Å². The Bertz CT molecular complexity index is 910. The number of nitrogens with zero attached hydrogens (tertiary/aromatic N) is 1. The number of nitriles is 1. The third-order valence-electron chi connectivity index (χ3n) is 5.07. The monoisotopic (exact) mass is 438 g/mol. The molecule has 0 saturated heterocycles. The highest BCUT2D eigenvalue weighted by atomic mass is 32.2. The van der Waals surface area contributed by atoms with Crippen LogP contribution in [0.2, 0.25) is 0 Å². The third kappa shape index (κ3) is 7.33. The fourth-order valence-corrected chi connectivity index (χ4v) is 4.10. The Labute approximate surface area is 191 Å². The minimum Gasteiger partial charge on any atom is -0.507 e. The summed E-state index contributed by atoms with van der Waals surface area (Å²) in [5.41, 5.74) is 4.24. The maximum Gasteiger partial charge on any atom is 0.234 e. The minimum absolute atomic E-state index is 0.0376. The van der Waals surface area contributed by atoms with Crippen LogP contribution in [0.3, 0.4) is 0 Å². The number of thioether (sulfide) groups is 1. The molecule has 166 valence electrons. The second kappa shape index (κ2) is 10.2. The van der Waals surface area contributed by atoms with Gasteiger partial charge >= 0.3 is 0 Å². The molecule has 0 aliphatic rings. The molecule has 0 atom stereocenters. The molecule has 0 spiro atoms. The fourth-order valence-electron chi connectivity index (χ4n) is 3.35. The van der Waals surface area contributed by atoms with Crippen molar-refractivity contribution in [2.24, 2.45) is 0 Å². The smallest absolute Gasteiger partial charge is 0.234 e. The number of benzene rings is 2. The molecule has 0 saturated carbocycles. The van der Waals surface area contributed by atoms with Gasteiger partial charge < -0.3 is 10.4 Å². The summed E-state index contributed by atoms with van der Waals surface area (Å²) in [6.07, 6.45) is 1.88. The number of amides is 1. The van der Waals surface area contributed by atoms with Crippen LogP contribution < -0.4 is 5.32 Å². The number of hydrogen-bond acceptors (Lipinski definition) is 4. The van der Waals surface area contributed by atoms with E-state index in [9.17, 15) is 9.90 Å². The van der Waals surface area contributed by atoms with Crippen molar-refractivity contribution >= 4 is 23.4 Å². The van der Waals surface area contributed by atoms with Crippen molar-refractivity contribution in [3.63, 3.8) is 0 Å². The lowest BCUT2D eigenvalue weighted by Gasteiger charge is -2.28. The Hall–Kier alpha value is -2.45. The van der Waals surface area contributed by atoms with Crippen molar-refractivity contribution in [3.05, 3.63) is 58.7 Å². The van der Waals surface area contributed by atoms with Crippen molar-refractivity contribution in [2.75, 3.05) is 16.8 Å². The molecule has 2 aromatic carbocycles. The maximum absolute atomic E-state index is 12.1. The molecule has 4 nitrogen and oxygen atoms in total. The lowest BCUT2D eigenvalue weighted by molar-refractivity contribution is -0.113. The van der Waals surface area contributed by atoms with Gasteiger partial charge in [-0.15, -0.1) is 0 Å². The van der Waals surface area contributed by atoms with Gasteiger partial charge in [0.1, 0.15) is 5.75 Å². The van der Waals surface area contributed by atoms with E-state index in [1.165, 1.54) is 5.56 Å². The number of nitrogens with one attached hydrogen (secondary N) is 1. The van der Waals surface area contributed by atoms with Crippen LogP contribution in [0.1, 0.15) is 70.2 Å². The van der Waals surface area contributed by atoms with E-state index in [4.69, 9.17) is 5.26 Å². The summed E-state index contributed by atoms with van der Waals surface area (Å²) < 4.78 is 0. The molecule has 31 heavy (non-hydrogen) atoms. The molecule has 0 heterocycles. The van der Waals surface area contributed by atoms with Crippen molar-refractivity contribution < 1.29 is 9.90 Å². The first kappa shape index (κ1) is 24.8. The van der Waals surface area contributed by atoms with E-state index in [1.54, 1.807) is 36.0 Å². The van der Waals surface area contributed by atoms with Crippen LogP contribution in [0.25, 0.3) is 0 Å². The van der Waals surface area contributed by atoms with Gasteiger partial charge in [0.25, 0.3) is 0 Å². The first-order valence-electron chi connectivity index (χ1n) is 10.7. The Morgan fingerprint density at radius 1 is 1.03 bits per heavy atom. The molecule has 2 N–H and O–H groups in total. The van der Waals surface area contributed by atoms with Crippen LogP contribution in [0.5, 0.6) is 5.75 Å². The molecule has 0 aromatic heterocycles. The van der Waals surface area contributed by atoms with Gasteiger partial charge in [0.2, 0.25) is 5.91 Å². The lowest BCUT2D eigenvalue weighted by atomic mass is 9.78. The molecule has 0 fully saturated rings. The first-order valence-corrected chi connectivity index (χ1v) is 11.8. The molecular weight excluding hydrogens is 404 g/mol. The molecule has 0 bridgehead atoms. The Morgan fingerprint density at radius 3 is 2.06 bits per heavy atom. The average Bonchev–Trinajstić information content (AvgIpc) is 2.67. The van der Waals surface area contributed by atoms with Crippen molar-refractivity contribution in [2.45, 2.75) is 65.2 Å². The normalized spacial score (nSPS) is 11.8. The van der Waals surface area contributed by atoms with Crippen molar-refractivity contribution in [1.82, 2.24) is 0 Å². The number of aromatic hydroxyl groups is 1. The van der Waals surface area contributed by atoms with E-state index < -0.39 is 0 Å². The molecule has 0 unspecified atom stereocenters. The van der Waals surface area contributed by atoms with Crippen molar-refractivity contribution in [1.29, 1.82) is 5.26 Å². The van der Waals surface area contributed by atoms with Crippen LogP contribution in [0.4, 0.5) is 5.69 Å². The van der Waals surface area contributed by atoms with Crippen LogP contribution in [-0.4, -0.2) is 22.5 Å². The number of aryl methyl sites for hydroxylation is 1. The summed E-state index contributed by atoms with van der Waals surface area (Å²) in [5.74, 6) is 1.66. The van der Waals surface area contributed by atoms with Gasteiger partial charge in [-0.1, -0.05) is 53.7 Å². The highest BCUT2D eigenvalue weighted by molar-refractivity contribution is 7.99. The zero-order valence-electron chi connectivity index (χ0n) is 19.5. The highest BCUT2D eigenvalue weighted by Crippen LogP contribution is 2.40. The second-order valence-corrected chi connectivity index (χ2v) is 11.0. The van der Waals surface area contributed by atoms with Crippen LogP contribution in [0, 0.1) is 11.3 Å². The summed E-state index contributed by atoms with van der Waals surface area (Å²) in [6.45, 7) is 12.8. The molecule has 2 aromatic rings. The molecule has 2 rings (SSSR count). The molecule has 0 aliphatic heterocycles. The second-order valence-electron chi connectivity index (χ2n) is 9.93. The fraction of sp³-hybridized carbons (Fsp3) is 0.462. The first-order chi connectivity index (χ1) is 14.4. The van der Waals surface area contributed by atoms with E-state index in [0.717, 1.165) is 29.7 Å². The zero-order valence-corrected chi connectivity index (χ0v) is 20.3. The van der Waals surface area contributed by atoms with Crippen LogP contribution in [-0.2, 0) is 22.0 Å². The number of phenols is 1. The van der Waals surface area contributed by atoms with E-state index in [1.807, 2.05) is 0 Å². The predicted molar refractivity (Wildman–Crippen MR) is 131 cm³/mol. The Balaban J connectivity index is 1.90. The molecule has 5 heteroatoms. The SMILES string of the molecule is CC(C)(C)c1cc(CCCSCC(=O)Nc2ccc(C#N)cc2)cc(C(C)(C)C)c1O. The number of carbonyl (C=O) groups excluding carboxylic acids is 1. The van der Waals surface area contributed by atoms with Gasteiger partial charge in [0.05, 0.1) is 17.4 Å². The minimum atomic E-state index is -0.127. The highest BCUT2D eigenvalue weighted by Gasteiger charge is 2.26. The van der Waals surface area contributed by atoms with Crippen LogP contribution in [0.15, 0.2) is 36.4 Å². The largest absolute Gasteiger partial charge is 0.507 e. The van der Waals surface area contributed by atoms with Gasteiger partial charge in [0.15, 0.2) is 0 Å². The van der Waals surface area contributed by atoms with Gasteiger partial charge in [0, 0.05) is 5.69 Å². The number of carbonyl (C=O) groups is 1. The number of anilines is 1. The molecule has 1 amide bonds. The standard InChI is InChI=1S/C26H34N2O2S/c1-25(2,3)21-14-19(15-22(24(21)30)26(4,5)6)8-7-13-31-17-23(29)28-20-11-9-18(16-27)10-12-20/h9-12,14-15,30H,7-8,13,17H2,1-6H3,(H,28,29). The summed E-state index contributed by atoms with van der Waals surface area (Å²) in [6, 6.07) is 13.2. The molecule has 0 aliphatic carbocycles. The number of hydrogen-bond donors (Lipinski definition) is 2. The Morgan fingerprint density at radius 2 is 1.58 bits per heavy atom. The lowest BCUT2D eigenvalue weighted by Crippen LogP contribution is -2.18.